The van der Waals surface area contributed by atoms with Gasteiger partial charge in [0.2, 0.25) is 11.8 Å². The van der Waals surface area contributed by atoms with E-state index < -0.39 is 17.7 Å². The zero-order valence-electron chi connectivity index (χ0n) is 21.2. The van der Waals surface area contributed by atoms with Crippen molar-refractivity contribution in [3.8, 4) is 0 Å². The van der Waals surface area contributed by atoms with Gasteiger partial charge in [-0.3, -0.25) is 14.6 Å². The highest BCUT2D eigenvalue weighted by molar-refractivity contribution is 6.01. The van der Waals surface area contributed by atoms with Crippen molar-refractivity contribution in [1.29, 1.82) is 0 Å². The summed E-state index contributed by atoms with van der Waals surface area (Å²) in [7, 11) is 0. The zero-order chi connectivity index (χ0) is 26.6. The Morgan fingerprint density at radius 3 is 2.31 bits per heavy atom. The molecule has 36 heavy (non-hydrogen) atoms. The van der Waals surface area contributed by atoms with Gasteiger partial charge in [-0.25, -0.2) is 9.59 Å². The van der Waals surface area contributed by atoms with E-state index in [1.807, 2.05) is 12.1 Å². The maximum absolute atomic E-state index is 12.3. The van der Waals surface area contributed by atoms with Gasteiger partial charge in [0.1, 0.15) is 5.60 Å². The standard InChI is InChI=1S/C26H34N4O6/c1-5-35-24(33)20-13-15-27-17-21(20)30-22(31)8-6-7-18-9-11-19(12-10-18)29-23(32)14-16-28-25(34)36-26(2,3)4/h9-13,15,17H,5-8,14,16H2,1-4H3,(H,28,34)(H,29,32)(H,30,31). The lowest BCUT2D eigenvalue weighted by atomic mass is 10.1. The molecule has 3 N–H and O–H groups in total. The fourth-order valence-corrected chi connectivity index (χ4v) is 3.12. The van der Waals surface area contributed by atoms with E-state index in [4.69, 9.17) is 9.47 Å². The molecule has 0 saturated carbocycles. The van der Waals surface area contributed by atoms with E-state index in [9.17, 15) is 19.2 Å². The third kappa shape index (κ3) is 10.5. The largest absolute Gasteiger partial charge is 0.462 e. The van der Waals surface area contributed by atoms with Crippen molar-refractivity contribution >= 4 is 35.3 Å². The fourth-order valence-electron chi connectivity index (χ4n) is 3.12. The van der Waals surface area contributed by atoms with Crippen LogP contribution in [0.15, 0.2) is 42.7 Å². The molecule has 10 heteroatoms. The van der Waals surface area contributed by atoms with Gasteiger partial charge in [0, 0.05) is 31.3 Å². The number of ether oxygens (including phenoxy) is 2. The molecule has 1 heterocycles. The van der Waals surface area contributed by atoms with Gasteiger partial charge in [0.05, 0.1) is 24.1 Å². The van der Waals surface area contributed by atoms with Crippen molar-refractivity contribution in [3.05, 3.63) is 53.9 Å². The van der Waals surface area contributed by atoms with Crippen LogP contribution in [0.2, 0.25) is 0 Å². The summed E-state index contributed by atoms with van der Waals surface area (Å²) in [6.45, 7) is 7.42. The molecule has 0 spiro atoms. The number of nitrogens with one attached hydrogen (secondary N) is 3. The number of carbonyl (C=O) groups is 4. The molecule has 0 fully saturated rings. The quantitative estimate of drug-likeness (QED) is 0.397. The number of nitrogens with zero attached hydrogens (tertiary/aromatic N) is 1. The highest BCUT2D eigenvalue weighted by Gasteiger charge is 2.16. The summed E-state index contributed by atoms with van der Waals surface area (Å²) in [5, 5.41) is 8.04. The molecule has 3 amide bonds. The van der Waals surface area contributed by atoms with Gasteiger partial charge >= 0.3 is 12.1 Å². The number of pyridine rings is 1. The predicted molar refractivity (Wildman–Crippen MR) is 136 cm³/mol. The Morgan fingerprint density at radius 2 is 1.64 bits per heavy atom. The highest BCUT2D eigenvalue weighted by Crippen LogP contribution is 2.16. The van der Waals surface area contributed by atoms with Crippen LogP contribution >= 0.6 is 0 Å². The van der Waals surface area contributed by atoms with Crippen LogP contribution in [0.1, 0.15) is 62.9 Å². The first-order valence-electron chi connectivity index (χ1n) is 11.8. The van der Waals surface area contributed by atoms with Crippen molar-refractivity contribution in [2.24, 2.45) is 0 Å². The van der Waals surface area contributed by atoms with Gasteiger partial charge in [-0.1, -0.05) is 12.1 Å². The summed E-state index contributed by atoms with van der Waals surface area (Å²) < 4.78 is 10.1. The second-order valence-electron chi connectivity index (χ2n) is 8.97. The molecular formula is C26H34N4O6. The predicted octanol–water partition coefficient (Wildman–Crippen LogP) is 4.07. The minimum Gasteiger partial charge on any atom is -0.462 e. The van der Waals surface area contributed by atoms with Crippen molar-refractivity contribution in [2.75, 3.05) is 23.8 Å². The summed E-state index contributed by atoms with van der Waals surface area (Å²) >= 11 is 0. The number of amides is 3. The normalized spacial score (nSPS) is 10.8. The van der Waals surface area contributed by atoms with Gasteiger partial charge in [-0.05, 0) is 64.3 Å². The molecule has 0 bridgehead atoms. The first-order valence-corrected chi connectivity index (χ1v) is 11.8. The average Bonchev–Trinajstić information content (AvgIpc) is 2.79. The van der Waals surface area contributed by atoms with Crippen molar-refractivity contribution in [2.45, 2.75) is 59.0 Å². The molecule has 0 aliphatic heterocycles. The van der Waals surface area contributed by atoms with Crippen LogP contribution in [0, 0.1) is 0 Å². The summed E-state index contributed by atoms with van der Waals surface area (Å²) in [6.07, 6.45) is 3.97. The monoisotopic (exact) mass is 498 g/mol. The number of rotatable bonds is 11. The van der Waals surface area contributed by atoms with Crippen molar-refractivity contribution in [1.82, 2.24) is 10.3 Å². The van der Waals surface area contributed by atoms with E-state index in [-0.39, 0.29) is 43.4 Å². The number of alkyl carbamates (subject to hydrolysis) is 1. The Hall–Kier alpha value is -3.95. The molecule has 194 valence electrons. The van der Waals surface area contributed by atoms with Crippen LogP contribution in [0.5, 0.6) is 0 Å². The van der Waals surface area contributed by atoms with Crippen LogP contribution in [-0.4, -0.2) is 47.6 Å². The molecule has 1 aromatic heterocycles. The molecule has 0 aliphatic rings. The van der Waals surface area contributed by atoms with Crippen molar-refractivity contribution < 1.29 is 28.7 Å². The Kier molecular flexibility index (Phi) is 10.9. The van der Waals surface area contributed by atoms with Gasteiger partial charge in [-0.2, -0.15) is 0 Å². The lowest BCUT2D eigenvalue weighted by Gasteiger charge is -2.19. The smallest absolute Gasteiger partial charge is 0.407 e. The molecule has 10 nitrogen and oxygen atoms in total. The van der Waals surface area contributed by atoms with Crippen molar-refractivity contribution in [3.63, 3.8) is 0 Å². The molecule has 2 rings (SSSR count). The van der Waals surface area contributed by atoms with E-state index in [1.165, 1.54) is 18.5 Å². The number of aryl methyl sites for hydroxylation is 1. The summed E-state index contributed by atoms with van der Waals surface area (Å²) in [6, 6.07) is 8.84. The summed E-state index contributed by atoms with van der Waals surface area (Å²) in [5.74, 6) is -0.966. The maximum Gasteiger partial charge on any atom is 0.407 e. The second-order valence-corrected chi connectivity index (χ2v) is 8.97. The maximum atomic E-state index is 12.3. The molecule has 1 aromatic carbocycles. The first-order chi connectivity index (χ1) is 17.1. The third-order valence-electron chi connectivity index (χ3n) is 4.72. The number of anilines is 2. The van der Waals surface area contributed by atoms with Crippen LogP contribution in [-0.2, 0) is 25.5 Å². The second kappa shape index (κ2) is 13.8. The lowest BCUT2D eigenvalue weighted by molar-refractivity contribution is -0.117. The molecule has 0 atom stereocenters. The Balaban J connectivity index is 1.72. The first kappa shape index (κ1) is 28.3. The molecule has 0 radical (unpaired) electrons. The van der Waals surface area contributed by atoms with E-state index in [0.29, 0.717) is 24.2 Å². The van der Waals surface area contributed by atoms with Crippen LogP contribution < -0.4 is 16.0 Å². The average molecular weight is 499 g/mol. The van der Waals surface area contributed by atoms with E-state index in [0.717, 1.165) is 5.56 Å². The third-order valence-corrected chi connectivity index (χ3v) is 4.72. The van der Waals surface area contributed by atoms with Gasteiger partial charge in [0.25, 0.3) is 0 Å². The number of hydrogen-bond donors (Lipinski definition) is 3. The summed E-state index contributed by atoms with van der Waals surface area (Å²) in [5.41, 5.74) is 1.65. The van der Waals surface area contributed by atoms with Gasteiger partial charge in [-0.15, -0.1) is 0 Å². The Labute approximate surface area is 211 Å². The van der Waals surface area contributed by atoms with E-state index >= 15 is 0 Å². The number of aromatic nitrogens is 1. The molecule has 0 saturated heterocycles. The van der Waals surface area contributed by atoms with Gasteiger partial charge in [0.15, 0.2) is 0 Å². The van der Waals surface area contributed by atoms with Crippen LogP contribution in [0.3, 0.4) is 0 Å². The Bertz CT molecular complexity index is 1050. The van der Waals surface area contributed by atoms with Gasteiger partial charge < -0.3 is 25.4 Å². The molecule has 2 aromatic rings. The number of carbonyl (C=O) groups excluding carboxylic acids is 4. The highest BCUT2D eigenvalue weighted by atomic mass is 16.6. The summed E-state index contributed by atoms with van der Waals surface area (Å²) in [4.78, 5) is 52.0. The van der Waals surface area contributed by atoms with Crippen LogP contribution in [0.25, 0.3) is 0 Å². The topological polar surface area (TPSA) is 136 Å². The van der Waals surface area contributed by atoms with Crippen LogP contribution in [0.4, 0.5) is 16.2 Å². The Morgan fingerprint density at radius 1 is 0.944 bits per heavy atom. The molecular weight excluding hydrogens is 464 g/mol. The minimum absolute atomic E-state index is 0.116. The molecule has 0 unspecified atom stereocenters. The zero-order valence-corrected chi connectivity index (χ0v) is 21.2. The molecule has 0 aliphatic carbocycles. The lowest BCUT2D eigenvalue weighted by Crippen LogP contribution is -2.34. The SMILES string of the molecule is CCOC(=O)c1ccncc1NC(=O)CCCc1ccc(NC(=O)CCNC(=O)OC(C)(C)C)cc1. The van der Waals surface area contributed by atoms with E-state index in [1.54, 1.807) is 39.8 Å². The van der Waals surface area contributed by atoms with E-state index in [2.05, 4.69) is 20.9 Å². The number of esters is 1. The number of benzene rings is 1. The number of hydrogen-bond acceptors (Lipinski definition) is 7. The minimum atomic E-state index is -0.592. The fraction of sp³-hybridized carbons (Fsp3) is 0.423.